The summed E-state index contributed by atoms with van der Waals surface area (Å²) in [6.45, 7) is 6.18. The maximum atomic E-state index is 12.8. The molecule has 1 aliphatic heterocycles. The van der Waals surface area contributed by atoms with E-state index in [0.29, 0.717) is 37.9 Å². The molecule has 0 saturated carbocycles. The van der Waals surface area contributed by atoms with Gasteiger partial charge in [0.15, 0.2) is 5.82 Å². The lowest BCUT2D eigenvalue weighted by atomic mass is 10.1. The molecule has 0 bridgehead atoms. The summed E-state index contributed by atoms with van der Waals surface area (Å²) in [6.07, 6.45) is 3.36. The van der Waals surface area contributed by atoms with Crippen LogP contribution in [0.4, 0.5) is 0 Å². The van der Waals surface area contributed by atoms with Gasteiger partial charge in [0.2, 0.25) is 17.7 Å². The van der Waals surface area contributed by atoms with Gasteiger partial charge in [-0.25, -0.2) is 0 Å². The molecule has 0 spiro atoms. The number of aryl methyl sites for hydroxylation is 1. The van der Waals surface area contributed by atoms with Crippen molar-refractivity contribution in [2.45, 2.75) is 39.4 Å². The molecule has 3 heterocycles. The van der Waals surface area contributed by atoms with Gasteiger partial charge in [-0.3, -0.25) is 14.5 Å². The largest absolute Gasteiger partial charge is 0.472 e. The quantitative estimate of drug-likeness (QED) is 0.774. The fourth-order valence-electron chi connectivity index (χ4n) is 3.04. The normalized spacial score (nSPS) is 17.9. The molecule has 0 aliphatic carbocycles. The highest BCUT2D eigenvalue weighted by molar-refractivity contribution is 5.88. The van der Waals surface area contributed by atoms with E-state index in [9.17, 15) is 9.59 Å². The lowest BCUT2D eigenvalue weighted by Gasteiger charge is -2.35. The van der Waals surface area contributed by atoms with E-state index in [2.05, 4.69) is 15.5 Å². The molecule has 2 aromatic heterocycles. The smallest absolute Gasteiger partial charge is 0.237 e. The average Bonchev–Trinajstić information content (AvgIpc) is 3.27. The maximum Gasteiger partial charge on any atom is 0.237 e. The molecule has 9 nitrogen and oxygen atoms in total. The first kappa shape index (κ1) is 18.1. The van der Waals surface area contributed by atoms with Gasteiger partial charge in [-0.15, -0.1) is 0 Å². The minimum Gasteiger partial charge on any atom is -0.472 e. The van der Waals surface area contributed by atoms with Crippen molar-refractivity contribution in [1.29, 1.82) is 0 Å². The van der Waals surface area contributed by atoms with E-state index in [1.54, 1.807) is 24.3 Å². The Kier molecular flexibility index (Phi) is 5.67. The van der Waals surface area contributed by atoms with Gasteiger partial charge < -0.3 is 19.2 Å². The van der Waals surface area contributed by atoms with E-state index < -0.39 is 6.04 Å². The predicted molar refractivity (Wildman–Crippen MR) is 90.7 cm³/mol. The topological polar surface area (TPSA) is 105 Å². The number of rotatable bonds is 7. The fourth-order valence-corrected chi connectivity index (χ4v) is 3.04. The molecule has 140 valence electrons. The second-order valence-corrected chi connectivity index (χ2v) is 6.25. The number of nitrogens with zero attached hydrogens (tertiary/aromatic N) is 4. The van der Waals surface area contributed by atoms with Crippen LogP contribution < -0.4 is 5.32 Å². The second-order valence-electron chi connectivity index (χ2n) is 6.25. The highest BCUT2D eigenvalue weighted by Crippen LogP contribution is 2.16. The number of piperazine rings is 1. The Bertz CT molecular complexity index is 742. The van der Waals surface area contributed by atoms with Crippen LogP contribution in [0.15, 0.2) is 27.5 Å². The van der Waals surface area contributed by atoms with Gasteiger partial charge in [0.25, 0.3) is 0 Å². The van der Waals surface area contributed by atoms with Crippen LogP contribution in [0.3, 0.4) is 0 Å². The first-order valence-electron chi connectivity index (χ1n) is 8.66. The summed E-state index contributed by atoms with van der Waals surface area (Å²) in [4.78, 5) is 32.9. The molecule has 1 saturated heterocycles. The van der Waals surface area contributed by atoms with Gasteiger partial charge in [0.1, 0.15) is 0 Å². The van der Waals surface area contributed by atoms with Crippen LogP contribution in [0, 0.1) is 6.92 Å². The molecule has 0 aromatic carbocycles. The zero-order valence-electron chi connectivity index (χ0n) is 15.0. The number of nitrogens with one attached hydrogen (secondary N) is 1. The SMILES string of the molecule is CCN(Cc1noc(C)n1)C(=O)C[C@H]1C(=O)NCCN1Cc1ccoc1. The zero-order valence-corrected chi connectivity index (χ0v) is 15.0. The van der Waals surface area contributed by atoms with Crippen LogP contribution in [0.1, 0.15) is 30.6 Å². The van der Waals surface area contributed by atoms with Crippen LogP contribution in [-0.2, 0) is 22.7 Å². The number of hydrogen-bond acceptors (Lipinski definition) is 7. The van der Waals surface area contributed by atoms with Gasteiger partial charge in [0.05, 0.1) is 31.5 Å². The van der Waals surface area contributed by atoms with Gasteiger partial charge in [-0.2, -0.15) is 4.98 Å². The van der Waals surface area contributed by atoms with Crippen molar-refractivity contribution < 1.29 is 18.5 Å². The van der Waals surface area contributed by atoms with Crippen LogP contribution >= 0.6 is 0 Å². The molecular formula is C17H23N5O4. The van der Waals surface area contributed by atoms with Crippen molar-refractivity contribution in [2.24, 2.45) is 0 Å². The summed E-state index contributed by atoms with van der Waals surface area (Å²) >= 11 is 0. The molecule has 0 radical (unpaired) electrons. The van der Waals surface area contributed by atoms with Crippen LogP contribution in [0.5, 0.6) is 0 Å². The van der Waals surface area contributed by atoms with Crippen molar-refractivity contribution in [1.82, 2.24) is 25.3 Å². The van der Waals surface area contributed by atoms with Crippen molar-refractivity contribution in [3.8, 4) is 0 Å². The second kappa shape index (κ2) is 8.13. The number of carbonyl (C=O) groups is 2. The van der Waals surface area contributed by atoms with Gasteiger partial charge in [-0.05, 0) is 13.0 Å². The van der Waals surface area contributed by atoms with E-state index in [4.69, 9.17) is 8.94 Å². The molecular weight excluding hydrogens is 338 g/mol. The lowest BCUT2D eigenvalue weighted by Crippen LogP contribution is -2.56. The molecule has 1 atom stereocenters. The predicted octanol–water partition coefficient (Wildman–Crippen LogP) is 0.710. The average molecular weight is 361 g/mol. The van der Waals surface area contributed by atoms with E-state index in [1.807, 2.05) is 17.9 Å². The molecule has 1 aliphatic rings. The Morgan fingerprint density at radius 2 is 2.35 bits per heavy atom. The van der Waals surface area contributed by atoms with Crippen molar-refractivity contribution in [3.63, 3.8) is 0 Å². The number of aromatic nitrogens is 2. The van der Waals surface area contributed by atoms with E-state index in [0.717, 1.165) is 5.56 Å². The number of carbonyl (C=O) groups excluding carboxylic acids is 2. The Hall–Kier alpha value is -2.68. The monoisotopic (exact) mass is 361 g/mol. The Morgan fingerprint density at radius 3 is 3.00 bits per heavy atom. The Morgan fingerprint density at radius 1 is 1.50 bits per heavy atom. The third kappa shape index (κ3) is 4.29. The maximum absolute atomic E-state index is 12.8. The summed E-state index contributed by atoms with van der Waals surface area (Å²) < 4.78 is 10.1. The van der Waals surface area contributed by atoms with Crippen LogP contribution in [0.25, 0.3) is 0 Å². The van der Waals surface area contributed by atoms with Crippen molar-refractivity contribution in [3.05, 3.63) is 35.9 Å². The lowest BCUT2D eigenvalue weighted by molar-refractivity contribution is -0.139. The third-order valence-electron chi connectivity index (χ3n) is 4.41. The molecule has 2 aromatic rings. The summed E-state index contributed by atoms with van der Waals surface area (Å²) in [6, 6.07) is 1.36. The van der Waals surface area contributed by atoms with E-state index in [1.165, 1.54) is 0 Å². The molecule has 26 heavy (non-hydrogen) atoms. The minimum absolute atomic E-state index is 0.106. The fraction of sp³-hybridized carbons (Fsp3) is 0.529. The van der Waals surface area contributed by atoms with Gasteiger partial charge in [-0.1, -0.05) is 5.16 Å². The van der Waals surface area contributed by atoms with Crippen LogP contribution in [-0.4, -0.2) is 57.4 Å². The van der Waals surface area contributed by atoms with Gasteiger partial charge >= 0.3 is 0 Å². The molecule has 2 amide bonds. The van der Waals surface area contributed by atoms with Gasteiger partial charge in [0, 0.05) is 38.7 Å². The third-order valence-corrected chi connectivity index (χ3v) is 4.41. The van der Waals surface area contributed by atoms with Crippen LogP contribution in [0.2, 0.25) is 0 Å². The van der Waals surface area contributed by atoms with E-state index in [-0.39, 0.29) is 24.8 Å². The summed E-state index contributed by atoms with van der Waals surface area (Å²) in [5.74, 6) is 0.677. The summed E-state index contributed by atoms with van der Waals surface area (Å²) in [5, 5.41) is 6.68. The molecule has 1 fully saturated rings. The first-order valence-corrected chi connectivity index (χ1v) is 8.66. The molecule has 0 unspecified atom stereocenters. The number of hydrogen-bond donors (Lipinski definition) is 1. The summed E-state index contributed by atoms with van der Waals surface area (Å²) in [7, 11) is 0. The molecule has 3 rings (SSSR count). The standard InChI is InChI=1S/C17H23N5O4/c1-3-21(10-15-19-12(2)26-20-15)16(23)8-14-17(24)18-5-6-22(14)9-13-4-7-25-11-13/h4,7,11,14H,3,5-6,8-10H2,1-2H3,(H,18,24)/t14-/m0/s1. The highest BCUT2D eigenvalue weighted by atomic mass is 16.5. The molecule has 9 heteroatoms. The molecule has 1 N–H and O–H groups in total. The zero-order chi connectivity index (χ0) is 18.5. The highest BCUT2D eigenvalue weighted by Gasteiger charge is 2.33. The Labute approximate surface area is 151 Å². The Balaban J connectivity index is 1.66. The van der Waals surface area contributed by atoms with Crippen molar-refractivity contribution in [2.75, 3.05) is 19.6 Å². The van der Waals surface area contributed by atoms with E-state index >= 15 is 0 Å². The first-order chi connectivity index (χ1) is 12.6. The summed E-state index contributed by atoms with van der Waals surface area (Å²) in [5.41, 5.74) is 0.978. The minimum atomic E-state index is -0.507. The number of amides is 2. The van der Waals surface area contributed by atoms with Crippen molar-refractivity contribution >= 4 is 11.8 Å². The number of furan rings is 1.